The van der Waals surface area contributed by atoms with Crippen molar-refractivity contribution in [3.63, 3.8) is 0 Å². The van der Waals surface area contributed by atoms with Crippen LogP contribution in [0.2, 0.25) is 0 Å². The number of carbonyl (C=O) groups is 2. The van der Waals surface area contributed by atoms with Gasteiger partial charge in [-0.05, 0) is 30.1 Å². The molecule has 0 radical (unpaired) electrons. The zero-order valence-electron chi connectivity index (χ0n) is 13.3. The lowest BCUT2D eigenvalue weighted by Gasteiger charge is -2.26. The first kappa shape index (κ1) is 18.9. The number of amides is 1. The van der Waals surface area contributed by atoms with Gasteiger partial charge in [-0.25, -0.2) is 0 Å². The topological polar surface area (TPSA) is 92.4 Å². The normalized spacial score (nSPS) is 16.0. The van der Waals surface area contributed by atoms with Gasteiger partial charge in [-0.1, -0.05) is 34.6 Å². The molecule has 0 aliphatic heterocycles. The number of hydrogen-bond donors (Lipinski definition) is 3. The maximum atomic E-state index is 11.9. The van der Waals surface area contributed by atoms with Crippen molar-refractivity contribution in [2.24, 2.45) is 29.4 Å². The van der Waals surface area contributed by atoms with Crippen molar-refractivity contribution in [1.82, 2.24) is 5.32 Å². The Morgan fingerprint density at radius 3 is 2.10 bits per heavy atom. The summed E-state index contributed by atoms with van der Waals surface area (Å²) in [6, 6.07) is -0.519. The first-order valence-electron chi connectivity index (χ1n) is 7.40. The number of aliphatic carboxylic acids is 1. The number of nitrogens with one attached hydrogen (secondary N) is 1. The van der Waals surface area contributed by atoms with E-state index in [1.165, 1.54) is 0 Å². The van der Waals surface area contributed by atoms with Crippen LogP contribution in [-0.2, 0) is 9.59 Å². The molecule has 3 atom stereocenters. The molecule has 0 aromatic heterocycles. The molecule has 0 rings (SSSR count). The van der Waals surface area contributed by atoms with E-state index in [9.17, 15) is 9.59 Å². The highest BCUT2D eigenvalue weighted by Gasteiger charge is 2.24. The maximum absolute atomic E-state index is 11.9. The largest absolute Gasteiger partial charge is 0.481 e. The molecule has 3 unspecified atom stereocenters. The highest BCUT2D eigenvalue weighted by atomic mass is 16.4. The summed E-state index contributed by atoms with van der Waals surface area (Å²) in [7, 11) is 0. The van der Waals surface area contributed by atoms with Gasteiger partial charge in [0.25, 0.3) is 0 Å². The fraction of sp³-hybridized carbons (Fsp3) is 0.867. The summed E-state index contributed by atoms with van der Waals surface area (Å²) < 4.78 is 0. The lowest BCUT2D eigenvalue weighted by Crippen LogP contribution is -2.44. The molecule has 0 heterocycles. The number of carboxylic acid groups (broad SMARTS) is 1. The third-order valence-corrected chi connectivity index (χ3v) is 3.83. The van der Waals surface area contributed by atoms with E-state index < -0.39 is 12.0 Å². The lowest BCUT2D eigenvalue weighted by molar-refractivity contribution is -0.139. The van der Waals surface area contributed by atoms with E-state index in [4.69, 9.17) is 10.8 Å². The van der Waals surface area contributed by atoms with Gasteiger partial charge in [0, 0.05) is 6.54 Å². The number of carboxylic acids is 1. The Balaban J connectivity index is 4.45. The highest BCUT2D eigenvalue weighted by Crippen LogP contribution is 2.23. The van der Waals surface area contributed by atoms with Gasteiger partial charge in [0.1, 0.15) is 0 Å². The van der Waals surface area contributed by atoms with Gasteiger partial charge in [0.15, 0.2) is 0 Å². The van der Waals surface area contributed by atoms with Crippen LogP contribution in [0.15, 0.2) is 0 Å². The zero-order chi connectivity index (χ0) is 15.9. The standard InChI is InChI=1S/C15H30N2O3/c1-9(2)6-13(16)15(20)17-8-12(7-14(18)19)11(5)10(3)4/h9-13H,6-8,16H2,1-5H3,(H,17,20)(H,18,19). The molecule has 0 fully saturated rings. The fourth-order valence-electron chi connectivity index (χ4n) is 2.19. The molecule has 0 saturated carbocycles. The van der Waals surface area contributed by atoms with Crippen LogP contribution >= 0.6 is 0 Å². The van der Waals surface area contributed by atoms with Crippen LogP contribution < -0.4 is 11.1 Å². The Labute approximate surface area is 122 Å². The third kappa shape index (κ3) is 7.48. The van der Waals surface area contributed by atoms with Crippen LogP contribution in [0.5, 0.6) is 0 Å². The van der Waals surface area contributed by atoms with Crippen molar-refractivity contribution in [3.8, 4) is 0 Å². The highest BCUT2D eigenvalue weighted by molar-refractivity contribution is 5.81. The first-order valence-corrected chi connectivity index (χ1v) is 7.40. The minimum atomic E-state index is -0.830. The second-order valence-electron chi connectivity index (χ2n) is 6.44. The van der Waals surface area contributed by atoms with Crippen LogP contribution in [0.25, 0.3) is 0 Å². The monoisotopic (exact) mass is 286 g/mol. The summed E-state index contributed by atoms with van der Waals surface area (Å²) in [5.41, 5.74) is 5.81. The van der Waals surface area contributed by atoms with Crippen LogP contribution in [0.3, 0.4) is 0 Å². The van der Waals surface area contributed by atoms with Gasteiger partial charge in [-0.15, -0.1) is 0 Å². The molecule has 20 heavy (non-hydrogen) atoms. The van der Waals surface area contributed by atoms with Crippen molar-refractivity contribution >= 4 is 11.9 Å². The Morgan fingerprint density at radius 2 is 1.70 bits per heavy atom. The van der Waals surface area contributed by atoms with E-state index in [0.29, 0.717) is 24.8 Å². The molecular weight excluding hydrogens is 256 g/mol. The number of nitrogens with two attached hydrogens (primary N) is 1. The van der Waals surface area contributed by atoms with Gasteiger partial charge in [-0.2, -0.15) is 0 Å². The Hall–Kier alpha value is -1.10. The predicted octanol–water partition coefficient (Wildman–Crippen LogP) is 1.86. The van der Waals surface area contributed by atoms with E-state index in [2.05, 4.69) is 19.2 Å². The summed E-state index contributed by atoms with van der Waals surface area (Å²) in [6.45, 7) is 10.6. The summed E-state index contributed by atoms with van der Waals surface area (Å²) in [5.74, 6) is -0.121. The Bertz CT molecular complexity index is 316. The molecule has 0 spiro atoms. The summed E-state index contributed by atoms with van der Waals surface area (Å²) >= 11 is 0. The summed E-state index contributed by atoms with van der Waals surface area (Å²) in [6.07, 6.45) is 0.703. The minimum Gasteiger partial charge on any atom is -0.481 e. The molecule has 5 nitrogen and oxygen atoms in total. The third-order valence-electron chi connectivity index (χ3n) is 3.83. The number of rotatable bonds is 9. The molecular formula is C15H30N2O3. The Morgan fingerprint density at radius 1 is 1.15 bits per heavy atom. The van der Waals surface area contributed by atoms with Gasteiger partial charge >= 0.3 is 5.97 Å². The van der Waals surface area contributed by atoms with Crippen LogP contribution in [-0.4, -0.2) is 29.6 Å². The average molecular weight is 286 g/mol. The average Bonchev–Trinajstić information content (AvgIpc) is 2.31. The summed E-state index contributed by atoms with van der Waals surface area (Å²) in [4.78, 5) is 22.8. The molecule has 1 amide bonds. The van der Waals surface area contributed by atoms with Gasteiger partial charge in [-0.3, -0.25) is 9.59 Å². The van der Waals surface area contributed by atoms with Crippen LogP contribution in [0, 0.1) is 23.7 Å². The second-order valence-corrected chi connectivity index (χ2v) is 6.44. The first-order chi connectivity index (χ1) is 9.15. The van der Waals surface area contributed by atoms with E-state index in [1.807, 2.05) is 20.8 Å². The molecule has 0 aliphatic rings. The van der Waals surface area contributed by atoms with Crippen molar-refractivity contribution in [2.45, 2.75) is 53.5 Å². The molecule has 4 N–H and O–H groups in total. The maximum Gasteiger partial charge on any atom is 0.303 e. The molecule has 0 aromatic rings. The molecule has 5 heteroatoms. The molecule has 0 bridgehead atoms. The van der Waals surface area contributed by atoms with E-state index in [0.717, 1.165) is 0 Å². The smallest absolute Gasteiger partial charge is 0.303 e. The molecule has 0 aromatic carbocycles. The molecule has 0 saturated heterocycles. The predicted molar refractivity (Wildman–Crippen MR) is 80.2 cm³/mol. The van der Waals surface area contributed by atoms with Crippen molar-refractivity contribution < 1.29 is 14.7 Å². The van der Waals surface area contributed by atoms with Crippen molar-refractivity contribution in [3.05, 3.63) is 0 Å². The fourth-order valence-corrected chi connectivity index (χ4v) is 2.19. The molecule has 0 aliphatic carbocycles. The molecule has 118 valence electrons. The second kappa shape index (κ2) is 8.95. The van der Waals surface area contributed by atoms with E-state index >= 15 is 0 Å². The SMILES string of the molecule is CC(C)CC(N)C(=O)NCC(CC(=O)O)C(C)C(C)C. The number of hydrogen-bond acceptors (Lipinski definition) is 3. The van der Waals surface area contributed by atoms with Gasteiger partial charge in [0.2, 0.25) is 5.91 Å². The summed E-state index contributed by atoms with van der Waals surface area (Å²) in [5, 5.41) is 11.8. The Kier molecular flexibility index (Phi) is 8.46. The van der Waals surface area contributed by atoms with Crippen molar-refractivity contribution in [2.75, 3.05) is 6.54 Å². The van der Waals surface area contributed by atoms with E-state index in [-0.39, 0.29) is 24.2 Å². The van der Waals surface area contributed by atoms with Gasteiger partial charge < -0.3 is 16.2 Å². The van der Waals surface area contributed by atoms with E-state index in [1.54, 1.807) is 0 Å². The lowest BCUT2D eigenvalue weighted by atomic mass is 9.83. The quantitative estimate of drug-likeness (QED) is 0.603. The zero-order valence-corrected chi connectivity index (χ0v) is 13.3. The minimum absolute atomic E-state index is 0.0669. The van der Waals surface area contributed by atoms with Gasteiger partial charge in [0.05, 0.1) is 12.5 Å². The van der Waals surface area contributed by atoms with Crippen LogP contribution in [0.1, 0.15) is 47.5 Å². The van der Waals surface area contributed by atoms with Crippen molar-refractivity contribution in [1.29, 1.82) is 0 Å². The van der Waals surface area contributed by atoms with Crippen LogP contribution in [0.4, 0.5) is 0 Å². The number of carbonyl (C=O) groups excluding carboxylic acids is 1.